The molecule has 1 aliphatic carbocycles. The van der Waals surface area contributed by atoms with Gasteiger partial charge in [0, 0.05) is 26.7 Å². The fraction of sp³-hybridized carbons (Fsp3) is 0.667. The highest BCUT2D eigenvalue weighted by molar-refractivity contribution is 9.10. The monoisotopic (exact) mass is 287 g/mol. The van der Waals surface area contributed by atoms with Crippen LogP contribution in [0.3, 0.4) is 0 Å². The van der Waals surface area contributed by atoms with Gasteiger partial charge in [-0.3, -0.25) is 0 Å². The summed E-state index contributed by atoms with van der Waals surface area (Å²) in [6.07, 6.45) is 6.18. The van der Waals surface area contributed by atoms with Crippen molar-refractivity contribution in [2.45, 2.75) is 44.6 Å². The molecule has 1 nitrogen and oxygen atoms in total. The third-order valence-electron chi connectivity index (χ3n) is 3.64. The molecule has 1 heterocycles. The molecule has 1 aromatic heterocycles. The van der Waals surface area contributed by atoms with Crippen LogP contribution in [0.2, 0.25) is 0 Å². The predicted molar refractivity (Wildman–Crippen MR) is 70.3 cm³/mol. The summed E-state index contributed by atoms with van der Waals surface area (Å²) in [4.78, 5) is 1.41. The number of hydrogen-bond acceptors (Lipinski definition) is 2. The molecule has 2 atom stereocenters. The highest BCUT2D eigenvalue weighted by atomic mass is 79.9. The van der Waals surface area contributed by atoms with E-state index in [-0.39, 0.29) is 5.54 Å². The molecule has 0 amide bonds. The van der Waals surface area contributed by atoms with E-state index in [9.17, 15) is 0 Å². The standard InChI is InChI=1S/C12H18BrNS/c1-9-4-2-3-5-12(9,14)7-11-6-10(13)8-15-11/h6,8-9H,2-5,7,14H2,1H3. The summed E-state index contributed by atoms with van der Waals surface area (Å²) in [7, 11) is 0. The van der Waals surface area contributed by atoms with Crippen molar-refractivity contribution >= 4 is 27.3 Å². The Morgan fingerprint density at radius 3 is 3.00 bits per heavy atom. The highest BCUT2D eigenvalue weighted by Gasteiger charge is 2.34. The molecule has 0 aliphatic heterocycles. The Hall–Kier alpha value is 0.140. The van der Waals surface area contributed by atoms with Crippen molar-refractivity contribution in [2.75, 3.05) is 0 Å². The van der Waals surface area contributed by atoms with Gasteiger partial charge in [0.1, 0.15) is 0 Å². The van der Waals surface area contributed by atoms with E-state index in [0.717, 1.165) is 6.42 Å². The molecule has 15 heavy (non-hydrogen) atoms. The average molecular weight is 288 g/mol. The van der Waals surface area contributed by atoms with Crippen LogP contribution in [-0.2, 0) is 6.42 Å². The Balaban J connectivity index is 2.08. The van der Waals surface area contributed by atoms with Crippen LogP contribution in [-0.4, -0.2) is 5.54 Å². The van der Waals surface area contributed by atoms with Gasteiger partial charge in [0.15, 0.2) is 0 Å². The van der Waals surface area contributed by atoms with E-state index < -0.39 is 0 Å². The molecule has 1 fully saturated rings. The second kappa shape index (κ2) is 4.56. The summed E-state index contributed by atoms with van der Waals surface area (Å²) in [6.45, 7) is 2.31. The van der Waals surface area contributed by atoms with E-state index in [0.29, 0.717) is 5.92 Å². The molecule has 0 radical (unpaired) electrons. The Kier molecular flexibility index (Phi) is 3.53. The number of halogens is 1. The lowest BCUT2D eigenvalue weighted by molar-refractivity contribution is 0.205. The molecule has 1 aliphatic rings. The first-order valence-electron chi connectivity index (χ1n) is 5.62. The molecule has 0 aromatic carbocycles. The van der Waals surface area contributed by atoms with Crippen molar-refractivity contribution in [1.29, 1.82) is 0 Å². The zero-order chi connectivity index (χ0) is 10.9. The van der Waals surface area contributed by atoms with Crippen LogP contribution in [0.5, 0.6) is 0 Å². The molecule has 2 N–H and O–H groups in total. The van der Waals surface area contributed by atoms with Crippen LogP contribution in [0.15, 0.2) is 15.9 Å². The van der Waals surface area contributed by atoms with Crippen LogP contribution < -0.4 is 5.73 Å². The molecule has 84 valence electrons. The van der Waals surface area contributed by atoms with Crippen molar-refractivity contribution in [1.82, 2.24) is 0 Å². The summed E-state index contributed by atoms with van der Waals surface area (Å²) >= 11 is 5.32. The fourth-order valence-corrected chi connectivity index (χ4v) is 4.06. The largest absolute Gasteiger partial charge is 0.325 e. The third kappa shape index (κ3) is 2.63. The zero-order valence-corrected chi connectivity index (χ0v) is 11.5. The Morgan fingerprint density at radius 1 is 1.60 bits per heavy atom. The van der Waals surface area contributed by atoms with Crippen molar-refractivity contribution < 1.29 is 0 Å². The SMILES string of the molecule is CC1CCCCC1(N)Cc1cc(Br)cs1. The van der Waals surface area contributed by atoms with Crippen LogP contribution in [0.1, 0.15) is 37.5 Å². The van der Waals surface area contributed by atoms with Gasteiger partial charge in [-0.2, -0.15) is 0 Å². The fourth-order valence-electron chi connectivity index (χ4n) is 2.47. The lowest BCUT2D eigenvalue weighted by atomic mass is 9.72. The van der Waals surface area contributed by atoms with E-state index in [4.69, 9.17) is 5.73 Å². The molecule has 0 bridgehead atoms. The lowest BCUT2D eigenvalue weighted by Gasteiger charge is -2.39. The summed E-state index contributed by atoms with van der Waals surface area (Å²) in [6, 6.07) is 2.21. The Morgan fingerprint density at radius 2 is 2.40 bits per heavy atom. The van der Waals surface area contributed by atoms with E-state index >= 15 is 0 Å². The highest BCUT2D eigenvalue weighted by Crippen LogP contribution is 2.35. The second-order valence-corrected chi connectivity index (χ2v) is 6.70. The maximum atomic E-state index is 6.54. The average Bonchev–Trinajstić information content (AvgIpc) is 2.57. The lowest BCUT2D eigenvalue weighted by Crippen LogP contribution is -2.49. The number of nitrogens with two attached hydrogens (primary N) is 1. The molecule has 1 saturated carbocycles. The molecule has 0 spiro atoms. The van der Waals surface area contributed by atoms with Crippen LogP contribution >= 0.6 is 27.3 Å². The summed E-state index contributed by atoms with van der Waals surface area (Å²) in [5.41, 5.74) is 6.58. The second-order valence-electron chi connectivity index (χ2n) is 4.79. The van der Waals surface area contributed by atoms with E-state index in [1.807, 2.05) is 11.3 Å². The number of thiophene rings is 1. The van der Waals surface area contributed by atoms with Crippen LogP contribution in [0.4, 0.5) is 0 Å². The van der Waals surface area contributed by atoms with Gasteiger partial charge >= 0.3 is 0 Å². The van der Waals surface area contributed by atoms with Crippen LogP contribution in [0.25, 0.3) is 0 Å². The molecule has 2 unspecified atom stereocenters. The van der Waals surface area contributed by atoms with Crippen molar-refractivity contribution in [3.63, 3.8) is 0 Å². The van der Waals surface area contributed by atoms with E-state index in [1.54, 1.807) is 0 Å². The normalized spacial score (nSPS) is 31.8. The van der Waals surface area contributed by atoms with Crippen molar-refractivity contribution in [3.8, 4) is 0 Å². The Bertz CT molecular complexity index is 336. The van der Waals surface area contributed by atoms with Crippen molar-refractivity contribution in [2.24, 2.45) is 11.7 Å². The maximum absolute atomic E-state index is 6.54. The van der Waals surface area contributed by atoms with E-state index in [1.165, 1.54) is 35.0 Å². The van der Waals surface area contributed by atoms with Gasteiger partial charge in [0.05, 0.1) is 0 Å². The first-order valence-corrected chi connectivity index (χ1v) is 7.29. The molecule has 3 heteroatoms. The van der Waals surface area contributed by atoms with Crippen molar-refractivity contribution in [3.05, 3.63) is 20.8 Å². The minimum Gasteiger partial charge on any atom is -0.325 e. The van der Waals surface area contributed by atoms with Gasteiger partial charge in [-0.1, -0.05) is 19.8 Å². The Labute approximate surface area is 104 Å². The van der Waals surface area contributed by atoms with E-state index in [2.05, 4.69) is 34.3 Å². The molecule has 2 rings (SSSR count). The minimum atomic E-state index is 0.0442. The summed E-state index contributed by atoms with van der Waals surface area (Å²) in [5, 5.41) is 2.15. The van der Waals surface area contributed by atoms with Gasteiger partial charge < -0.3 is 5.73 Å². The first-order chi connectivity index (χ1) is 7.10. The molecular formula is C12H18BrNS. The van der Waals surface area contributed by atoms with Gasteiger partial charge in [-0.15, -0.1) is 11.3 Å². The van der Waals surface area contributed by atoms with Gasteiger partial charge in [-0.05, 0) is 40.8 Å². The van der Waals surface area contributed by atoms with Crippen LogP contribution in [0, 0.1) is 5.92 Å². The molecular weight excluding hydrogens is 270 g/mol. The topological polar surface area (TPSA) is 26.0 Å². The maximum Gasteiger partial charge on any atom is 0.0285 e. The summed E-state index contributed by atoms with van der Waals surface area (Å²) < 4.78 is 1.19. The zero-order valence-electron chi connectivity index (χ0n) is 9.13. The number of hydrogen-bond donors (Lipinski definition) is 1. The first kappa shape index (κ1) is 11.6. The minimum absolute atomic E-state index is 0.0442. The quantitative estimate of drug-likeness (QED) is 0.875. The predicted octanol–water partition coefficient (Wildman–Crippen LogP) is 3.96. The number of rotatable bonds is 2. The van der Waals surface area contributed by atoms with Gasteiger partial charge in [0.25, 0.3) is 0 Å². The summed E-state index contributed by atoms with van der Waals surface area (Å²) in [5.74, 6) is 0.659. The molecule has 1 aromatic rings. The van der Waals surface area contributed by atoms with Gasteiger partial charge in [0.2, 0.25) is 0 Å². The van der Waals surface area contributed by atoms with Gasteiger partial charge in [-0.25, -0.2) is 0 Å². The smallest absolute Gasteiger partial charge is 0.0285 e. The molecule has 0 saturated heterocycles. The third-order valence-corrected chi connectivity index (χ3v) is 5.33.